The molecule has 150 valence electrons. The zero-order valence-electron chi connectivity index (χ0n) is 17.0. The van der Waals surface area contributed by atoms with E-state index < -0.39 is 30.1 Å². The molecule has 1 aromatic heterocycles. The quantitative estimate of drug-likeness (QED) is 0.386. The molecule has 0 saturated carbocycles. The molecule has 1 aliphatic heterocycles. The van der Waals surface area contributed by atoms with Gasteiger partial charge in [0, 0.05) is 24.6 Å². The average molecular weight is 396 g/mol. The highest BCUT2D eigenvalue weighted by atomic mass is 19.1. The lowest BCUT2D eigenvalue weighted by molar-refractivity contribution is -0.132. The Hall–Kier alpha value is -2.71. The Morgan fingerprint density at radius 2 is 1.72 bits per heavy atom. The van der Waals surface area contributed by atoms with Gasteiger partial charge in [-0.3, -0.25) is 4.79 Å². The molecule has 1 saturated heterocycles. The lowest BCUT2D eigenvalue weighted by Gasteiger charge is -2.32. The summed E-state index contributed by atoms with van der Waals surface area (Å²) in [5.41, 5.74) is 1.37. The van der Waals surface area contributed by atoms with E-state index in [2.05, 4.69) is 5.10 Å². The van der Waals surface area contributed by atoms with Crippen molar-refractivity contribution in [1.29, 1.82) is 0 Å². The minimum atomic E-state index is -0.631. The van der Waals surface area contributed by atoms with Gasteiger partial charge in [-0.1, -0.05) is 12.1 Å². The fourth-order valence-corrected chi connectivity index (χ4v) is 3.15. The number of carbonyl (C=O) groups is 1. The molecule has 8 heteroatoms. The van der Waals surface area contributed by atoms with Crippen molar-refractivity contribution >= 4 is 29.5 Å². The second-order valence-electron chi connectivity index (χ2n) is 8.19. The van der Waals surface area contributed by atoms with Gasteiger partial charge in [-0.05, 0) is 51.4 Å². The topological polar surface area (TPSA) is 62.6 Å². The van der Waals surface area contributed by atoms with Gasteiger partial charge in [0.05, 0.1) is 22.4 Å². The van der Waals surface area contributed by atoms with Crippen LogP contribution >= 0.6 is 0 Å². The van der Waals surface area contributed by atoms with Crippen LogP contribution in [0, 0.1) is 5.82 Å². The van der Waals surface area contributed by atoms with Gasteiger partial charge >= 0.3 is 13.1 Å². The van der Waals surface area contributed by atoms with E-state index in [-0.39, 0.29) is 5.75 Å². The molecule has 0 amide bonds. The summed E-state index contributed by atoms with van der Waals surface area (Å²) in [6.45, 7) is 9.29. The normalized spacial score (nSPS) is 17.7. The van der Waals surface area contributed by atoms with E-state index in [1.807, 2.05) is 52.0 Å². The maximum Gasteiger partial charge on any atom is 0.494 e. The SMILES string of the molecule is CC(=O)Oc1cc2cn(-c3ccc(B4OC(C)(C)C(C)(C)O4)cc3)nc2cc1F. The van der Waals surface area contributed by atoms with E-state index >= 15 is 0 Å². The summed E-state index contributed by atoms with van der Waals surface area (Å²) in [5, 5.41) is 5.08. The number of aromatic nitrogens is 2. The van der Waals surface area contributed by atoms with Crippen LogP contribution in [-0.2, 0) is 14.1 Å². The van der Waals surface area contributed by atoms with Crippen molar-refractivity contribution in [3.05, 3.63) is 48.4 Å². The fourth-order valence-electron chi connectivity index (χ4n) is 3.15. The highest BCUT2D eigenvalue weighted by molar-refractivity contribution is 6.62. The largest absolute Gasteiger partial charge is 0.494 e. The van der Waals surface area contributed by atoms with E-state index in [4.69, 9.17) is 14.0 Å². The second-order valence-corrected chi connectivity index (χ2v) is 8.19. The molecule has 0 radical (unpaired) electrons. The van der Waals surface area contributed by atoms with Crippen LogP contribution in [0.1, 0.15) is 34.6 Å². The van der Waals surface area contributed by atoms with E-state index in [0.717, 1.165) is 11.2 Å². The van der Waals surface area contributed by atoms with Crippen molar-refractivity contribution in [2.45, 2.75) is 45.8 Å². The van der Waals surface area contributed by atoms with Gasteiger partial charge in [0.2, 0.25) is 0 Å². The van der Waals surface area contributed by atoms with Gasteiger partial charge in [0.25, 0.3) is 0 Å². The molecule has 4 rings (SSSR count). The second kappa shape index (κ2) is 6.67. The number of halogens is 1. The number of benzene rings is 2. The van der Waals surface area contributed by atoms with E-state index in [1.54, 1.807) is 10.9 Å². The predicted molar refractivity (Wildman–Crippen MR) is 108 cm³/mol. The van der Waals surface area contributed by atoms with Crippen LogP contribution in [-0.4, -0.2) is 34.1 Å². The Morgan fingerprint density at radius 3 is 2.31 bits per heavy atom. The molecular weight excluding hydrogens is 374 g/mol. The number of hydrogen-bond acceptors (Lipinski definition) is 5. The Bertz CT molecular complexity index is 1080. The number of hydrogen-bond donors (Lipinski definition) is 0. The summed E-state index contributed by atoms with van der Waals surface area (Å²) in [7, 11) is -0.439. The Balaban J connectivity index is 1.61. The zero-order chi connectivity index (χ0) is 21.0. The molecular formula is C21H22BFN2O4. The minimum absolute atomic E-state index is 0.111. The summed E-state index contributed by atoms with van der Waals surface area (Å²) < 4.78 is 32.8. The first kappa shape index (κ1) is 19.6. The van der Waals surface area contributed by atoms with Gasteiger partial charge in [0.15, 0.2) is 11.6 Å². The number of esters is 1. The van der Waals surface area contributed by atoms with Crippen LogP contribution in [0.25, 0.3) is 16.6 Å². The molecule has 6 nitrogen and oxygen atoms in total. The molecule has 0 unspecified atom stereocenters. The van der Waals surface area contributed by atoms with Crippen LogP contribution in [0.3, 0.4) is 0 Å². The molecule has 0 N–H and O–H groups in total. The van der Waals surface area contributed by atoms with Crippen molar-refractivity contribution in [2.75, 3.05) is 0 Å². The van der Waals surface area contributed by atoms with Crippen molar-refractivity contribution in [2.24, 2.45) is 0 Å². The van der Waals surface area contributed by atoms with Crippen molar-refractivity contribution in [3.8, 4) is 11.4 Å². The summed E-state index contributed by atoms with van der Waals surface area (Å²) in [4.78, 5) is 11.1. The molecule has 0 aliphatic carbocycles. The number of rotatable bonds is 3. The Morgan fingerprint density at radius 1 is 1.10 bits per heavy atom. The summed E-state index contributed by atoms with van der Waals surface area (Å²) in [6.07, 6.45) is 1.76. The van der Waals surface area contributed by atoms with Crippen molar-refractivity contribution in [1.82, 2.24) is 9.78 Å². The standard InChI is InChI=1S/C21H22BFN2O4/c1-13(26)27-19-10-14-12-25(24-18(14)11-17(19)23)16-8-6-15(7-9-16)22-28-20(2,3)21(4,5)29-22/h6-12H,1-5H3. The fraction of sp³-hybridized carbons (Fsp3) is 0.333. The van der Waals surface area contributed by atoms with E-state index in [9.17, 15) is 9.18 Å². The Labute approximate surface area is 168 Å². The molecule has 29 heavy (non-hydrogen) atoms. The first-order valence-corrected chi connectivity index (χ1v) is 9.39. The van der Waals surface area contributed by atoms with Gasteiger partial charge in [-0.25, -0.2) is 9.07 Å². The smallest absolute Gasteiger partial charge is 0.424 e. The molecule has 2 aromatic carbocycles. The third kappa shape index (κ3) is 3.54. The van der Waals surface area contributed by atoms with Gasteiger partial charge < -0.3 is 14.0 Å². The van der Waals surface area contributed by atoms with E-state index in [0.29, 0.717) is 10.9 Å². The maximum atomic E-state index is 14.1. The van der Waals surface area contributed by atoms with Crippen LogP contribution in [0.4, 0.5) is 4.39 Å². The van der Waals surface area contributed by atoms with Crippen molar-refractivity contribution in [3.63, 3.8) is 0 Å². The first-order chi connectivity index (χ1) is 13.6. The lowest BCUT2D eigenvalue weighted by Crippen LogP contribution is -2.41. The lowest BCUT2D eigenvalue weighted by atomic mass is 9.79. The summed E-state index contributed by atoms with van der Waals surface area (Å²) in [6, 6.07) is 10.4. The highest BCUT2D eigenvalue weighted by Gasteiger charge is 2.51. The molecule has 2 heterocycles. The molecule has 0 bridgehead atoms. The monoisotopic (exact) mass is 396 g/mol. The van der Waals surface area contributed by atoms with Gasteiger partial charge in [-0.15, -0.1) is 0 Å². The van der Waals surface area contributed by atoms with Gasteiger partial charge in [-0.2, -0.15) is 5.10 Å². The number of carbonyl (C=O) groups excluding carboxylic acids is 1. The predicted octanol–water partition coefficient (Wildman–Crippen LogP) is 3.39. The Kier molecular flexibility index (Phi) is 4.51. The zero-order valence-corrected chi connectivity index (χ0v) is 17.0. The van der Waals surface area contributed by atoms with Gasteiger partial charge in [0.1, 0.15) is 0 Å². The van der Waals surface area contributed by atoms with Crippen molar-refractivity contribution < 1.29 is 23.2 Å². The maximum absolute atomic E-state index is 14.1. The van der Waals surface area contributed by atoms with Crippen LogP contribution < -0.4 is 10.2 Å². The molecule has 0 spiro atoms. The van der Waals surface area contributed by atoms with Crippen LogP contribution in [0.5, 0.6) is 5.75 Å². The number of nitrogens with zero attached hydrogens (tertiary/aromatic N) is 2. The average Bonchev–Trinajstić information content (AvgIpc) is 3.12. The number of fused-ring (bicyclic) bond motifs is 1. The minimum Gasteiger partial charge on any atom is -0.424 e. The van der Waals surface area contributed by atoms with Crippen LogP contribution in [0.2, 0.25) is 0 Å². The highest BCUT2D eigenvalue weighted by Crippen LogP contribution is 2.36. The molecule has 0 atom stereocenters. The summed E-state index contributed by atoms with van der Waals surface area (Å²) >= 11 is 0. The molecule has 1 fully saturated rings. The summed E-state index contributed by atoms with van der Waals surface area (Å²) in [5.74, 6) is -1.32. The van der Waals surface area contributed by atoms with Crippen LogP contribution in [0.15, 0.2) is 42.6 Å². The van der Waals surface area contributed by atoms with E-state index in [1.165, 1.54) is 19.1 Å². The molecule has 1 aliphatic rings. The third-order valence-electron chi connectivity index (χ3n) is 5.49. The first-order valence-electron chi connectivity index (χ1n) is 9.39. The third-order valence-corrected chi connectivity index (χ3v) is 5.49. The molecule has 3 aromatic rings. The number of ether oxygens (including phenoxy) is 1.